The van der Waals surface area contributed by atoms with Crippen LogP contribution in [0.2, 0.25) is 0 Å². The molecule has 2 aromatic rings. The Balaban J connectivity index is 2.17. The van der Waals surface area contributed by atoms with E-state index >= 15 is 0 Å². The number of hydrogen-bond acceptors (Lipinski definition) is 4. The Morgan fingerprint density at radius 2 is 2.17 bits per heavy atom. The van der Waals surface area contributed by atoms with Crippen molar-refractivity contribution in [2.24, 2.45) is 0 Å². The van der Waals surface area contributed by atoms with Crippen molar-refractivity contribution in [1.82, 2.24) is 9.97 Å². The van der Waals surface area contributed by atoms with E-state index in [1.54, 1.807) is 12.3 Å². The number of pyridine rings is 2. The van der Waals surface area contributed by atoms with E-state index in [0.29, 0.717) is 12.2 Å². The van der Waals surface area contributed by atoms with Gasteiger partial charge in [0.05, 0.1) is 12.2 Å². The molecule has 0 radical (unpaired) electrons. The molecule has 2 aromatic heterocycles. The second kappa shape index (κ2) is 5.28. The third-order valence-corrected chi connectivity index (χ3v) is 2.64. The minimum Gasteiger partial charge on any atom is -0.369 e. The molecule has 0 bridgehead atoms. The summed E-state index contributed by atoms with van der Waals surface area (Å²) in [4.78, 5) is 10.5. The lowest BCUT2D eigenvalue weighted by Gasteiger charge is -2.18. The van der Waals surface area contributed by atoms with E-state index in [2.05, 4.69) is 9.97 Å². The maximum atomic E-state index is 8.83. The second-order valence-electron chi connectivity index (χ2n) is 4.14. The van der Waals surface area contributed by atoms with Crippen LogP contribution in [0, 0.1) is 18.3 Å². The Morgan fingerprint density at radius 1 is 1.33 bits per heavy atom. The Morgan fingerprint density at radius 3 is 2.89 bits per heavy atom. The summed E-state index contributed by atoms with van der Waals surface area (Å²) >= 11 is 0. The SMILES string of the molecule is Cc1cccc(CN(C)c2ccnc(C#N)c2)n1. The van der Waals surface area contributed by atoms with E-state index in [0.717, 1.165) is 17.1 Å². The van der Waals surface area contributed by atoms with Crippen molar-refractivity contribution in [1.29, 1.82) is 5.26 Å². The molecule has 0 aromatic carbocycles. The summed E-state index contributed by atoms with van der Waals surface area (Å²) in [6.45, 7) is 2.68. The summed E-state index contributed by atoms with van der Waals surface area (Å²) < 4.78 is 0. The van der Waals surface area contributed by atoms with Gasteiger partial charge in [-0.3, -0.25) is 4.98 Å². The van der Waals surface area contributed by atoms with Gasteiger partial charge in [-0.2, -0.15) is 5.26 Å². The van der Waals surface area contributed by atoms with Crippen LogP contribution in [0.25, 0.3) is 0 Å². The fraction of sp³-hybridized carbons (Fsp3) is 0.214. The summed E-state index contributed by atoms with van der Waals surface area (Å²) in [5.41, 5.74) is 3.41. The highest BCUT2D eigenvalue weighted by Gasteiger charge is 2.04. The molecule has 0 N–H and O–H groups in total. The third kappa shape index (κ3) is 2.83. The highest BCUT2D eigenvalue weighted by Crippen LogP contribution is 2.14. The smallest absolute Gasteiger partial charge is 0.142 e. The van der Waals surface area contributed by atoms with Gasteiger partial charge in [-0.1, -0.05) is 6.07 Å². The van der Waals surface area contributed by atoms with Crippen LogP contribution in [0.1, 0.15) is 17.1 Å². The Hall–Kier alpha value is -2.41. The molecule has 0 aliphatic heterocycles. The van der Waals surface area contributed by atoms with E-state index in [1.165, 1.54) is 0 Å². The second-order valence-corrected chi connectivity index (χ2v) is 4.14. The van der Waals surface area contributed by atoms with Crippen LogP contribution in [-0.2, 0) is 6.54 Å². The normalized spacial score (nSPS) is 9.83. The molecule has 0 amide bonds. The van der Waals surface area contributed by atoms with Crippen LogP contribution >= 0.6 is 0 Å². The Kier molecular flexibility index (Phi) is 3.54. The lowest BCUT2D eigenvalue weighted by atomic mass is 10.2. The van der Waals surface area contributed by atoms with E-state index in [-0.39, 0.29) is 0 Å². The molecule has 90 valence electrons. The molecule has 2 rings (SSSR count). The van der Waals surface area contributed by atoms with Crippen molar-refractivity contribution in [3.63, 3.8) is 0 Å². The van der Waals surface area contributed by atoms with Crippen molar-refractivity contribution in [3.05, 3.63) is 53.6 Å². The van der Waals surface area contributed by atoms with Crippen molar-refractivity contribution in [3.8, 4) is 6.07 Å². The van der Waals surface area contributed by atoms with Gasteiger partial charge in [0.15, 0.2) is 0 Å². The van der Waals surface area contributed by atoms with Crippen molar-refractivity contribution >= 4 is 5.69 Å². The summed E-state index contributed by atoms with van der Waals surface area (Å²) in [5.74, 6) is 0. The van der Waals surface area contributed by atoms with Crippen molar-refractivity contribution < 1.29 is 0 Å². The molecule has 4 nitrogen and oxygen atoms in total. The van der Waals surface area contributed by atoms with Crippen LogP contribution in [0.5, 0.6) is 0 Å². The zero-order valence-corrected chi connectivity index (χ0v) is 10.5. The third-order valence-electron chi connectivity index (χ3n) is 2.64. The van der Waals surface area contributed by atoms with E-state index in [9.17, 15) is 0 Å². The van der Waals surface area contributed by atoms with Crippen LogP contribution in [0.3, 0.4) is 0 Å². The van der Waals surface area contributed by atoms with Crippen LogP contribution in [0.15, 0.2) is 36.5 Å². The van der Waals surface area contributed by atoms with Crippen molar-refractivity contribution in [2.45, 2.75) is 13.5 Å². The van der Waals surface area contributed by atoms with Crippen LogP contribution in [0.4, 0.5) is 5.69 Å². The van der Waals surface area contributed by atoms with Gasteiger partial charge in [0.2, 0.25) is 0 Å². The molecule has 0 aliphatic carbocycles. The molecule has 0 unspecified atom stereocenters. The van der Waals surface area contributed by atoms with Gasteiger partial charge in [0.1, 0.15) is 11.8 Å². The van der Waals surface area contributed by atoms with Gasteiger partial charge in [-0.15, -0.1) is 0 Å². The Bertz CT molecular complexity index is 586. The summed E-state index contributed by atoms with van der Waals surface area (Å²) in [7, 11) is 1.97. The molecule has 2 heterocycles. The number of aromatic nitrogens is 2. The first kappa shape index (κ1) is 12.1. The first-order chi connectivity index (χ1) is 8.69. The zero-order chi connectivity index (χ0) is 13.0. The highest BCUT2D eigenvalue weighted by atomic mass is 15.1. The molecule has 4 heteroatoms. The number of anilines is 1. The molecule has 0 atom stereocenters. The minimum absolute atomic E-state index is 0.427. The molecule has 0 saturated heterocycles. The predicted molar refractivity (Wildman–Crippen MR) is 70.0 cm³/mol. The van der Waals surface area contributed by atoms with Gasteiger partial charge in [0, 0.05) is 24.6 Å². The molecule has 0 fully saturated rings. The first-order valence-corrected chi connectivity index (χ1v) is 5.69. The predicted octanol–water partition coefficient (Wildman–Crippen LogP) is 2.29. The largest absolute Gasteiger partial charge is 0.369 e. The van der Waals surface area contributed by atoms with Crippen molar-refractivity contribution in [2.75, 3.05) is 11.9 Å². The van der Waals surface area contributed by atoms with E-state index < -0.39 is 0 Å². The van der Waals surface area contributed by atoms with Gasteiger partial charge in [-0.25, -0.2) is 4.98 Å². The van der Waals surface area contributed by atoms with Crippen LogP contribution < -0.4 is 4.90 Å². The van der Waals surface area contributed by atoms with Gasteiger partial charge >= 0.3 is 0 Å². The number of nitriles is 1. The molecule has 0 saturated carbocycles. The standard InChI is InChI=1S/C14H14N4/c1-11-4-3-5-12(17-11)10-18(2)14-6-7-16-13(8-14)9-15/h3-8H,10H2,1-2H3. The number of hydrogen-bond donors (Lipinski definition) is 0. The molecule has 0 aliphatic rings. The fourth-order valence-electron chi connectivity index (χ4n) is 1.74. The summed E-state index contributed by atoms with van der Waals surface area (Å²) in [6, 6.07) is 11.7. The number of nitrogens with zero attached hydrogens (tertiary/aromatic N) is 4. The average molecular weight is 238 g/mol. The van der Waals surface area contributed by atoms with Crippen LogP contribution in [-0.4, -0.2) is 17.0 Å². The Labute approximate surface area is 107 Å². The van der Waals surface area contributed by atoms with Gasteiger partial charge in [-0.05, 0) is 31.2 Å². The average Bonchev–Trinajstić information content (AvgIpc) is 2.39. The zero-order valence-electron chi connectivity index (χ0n) is 10.5. The number of rotatable bonds is 3. The minimum atomic E-state index is 0.427. The summed E-state index contributed by atoms with van der Waals surface area (Å²) in [6.07, 6.45) is 1.65. The molecule has 18 heavy (non-hydrogen) atoms. The quantitative estimate of drug-likeness (QED) is 0.823. The topological polar surface area (TPSA) is 52.8 Å². The maximum absolute atomic E-state index is 8.83. The molecular formula is C14H14N4. The van der Waals surface area contributed by atoms with Gasteiger partial charge < -0.3 is 4.90 Å². The molecular weight excluding hydrogens is 224 g/mol. The highest BCUT2D eigenvalue weighted by molar-refractivity contribution is 5.48. The molecule has 0 spiro atoms. The monoisotopic (exact) mass is 238 g/mol. The first-order valence-electron chi connectivity index (χ1n) is 5.69. The van der Waals surface area contributed by atoms with E-state index in [4.69, 9.17) is 5.26 Å². The maximum Gasteiger partial charge on any atom is 0.142 e. The summed E-state index contributed by atoms with van der Waals surface area (Å²) in [5, 5.41) is 8.83. The van der Waals surface area contributed by atoms with E-state index in [1.807, 2.05) is 49.2 Å². The number of aryl methyl sites for hydroxylation is 1. The fourth-order valence-corrected chi connectivity index (χ4v) is 1.74. The van der Waals surface area contributed by atoms with Gasteiger partial charge in [0.25, 0.3) is 0 Å². The lowest BCUT2D eigenvalue weighted by molar-refractivity contribution is 0.875. The lowest BCUT2D eigenvalue weighted by Crippen LogP contribution is -2.17.